The van der Waals surface area contributed by atoms with Crippen LogP contribution in [-0.4, -0.2) is 34.4 Å². The lowest BCUT2D eigenvalue weighted by Crippen LogP contribution is -2.34. The summed E-state index contributed by atoms with van der Waals surface area (Å²) in [5.41, 5.74) is -0.122. The first-order valence-electron chi connectivity index (χ1n) is 5.01. The predicted octanol–water partition coefficient (Wildman–Crippen LogP) is 0.0802. The fourth-order valence-corrected chi connectivity index (χ4v) is 1.43. The summed E-state index contributed by atoms with van der Waals surface area (Å²) < 4.78 is 1.58. The van der Waals surface area contributed by atoms with Gasteiger partial charge in [0.2, 0.25) is 0 Å². The second-order valence-corrected chi connectivity index (χ2v) is 3.57. The largest absolute Gasteiger partial charge is 0.392 e. The van der Waals surface area contributed by atoms with Gasteiger partial charge >= 0.3 is 0 Å². The number of aromatic nitrogens is 2. The van der Waals surface area contributed by atoms with E-state index in [1.807, 2.05) is 6.92 Å². The number of hydrogen-bond acceptors (Lipinski definition) is 4. The van der Waals surface area contributed by atoms with Gasteiger partial charge in [0, 0.05) is 32.5 Å². The molecule has 5 heteroatoms. The van der Waals surface area contributed by atoms with Gasteiger partial charge in [0.15, 0.2) is 5.82 Å². The molecule has 0 fully saturated rings. The molecule has 0 spiro atoms. The van der Waals surface area contributed by atoms with Gasteiger partial charge in [-0.15, -0.1) is 0 Å². The Kier molecular flexibility index (Phi) is 3.85. The van der Waals surface area contributed by atoms with Crippen molar-refractivity contribution < 1.29 is 5.11 Å². The Labute approximate surface area is 89.0 Å². The zero-order valence-corrected chi connectivity index (χ0v) is 9.34. The molecule has 1 unspecified atom stereocenters. The summed E-state index contributed by atoms with van der Waals surface area (Å²) in [6, 6.07) is 0. The molecule has 1 atom stereocenters. The molecule has 1 aromatic heterocycles. The van der Waals surface area contributed by atoms with E-state index in [1.165, 1.54) is 0 Å². The number of hydrogen-bond donors (Lipinski definition) is 1. The van der Waals surface area contributed by atoms with E-state index in [9.17, 15) is 9.90 Å². The zero-order valence-electron chi connectivity index (χ0n) is 9.34. The average molecular weight is 211 g/mol. The zero-order chi connectivity index (χ0) is 11.4. The van der Waals surface area contributed by atoms with E-state index in [0.29, 0.717) is 18.9 Å². The number of aliphatic hydroxyl groups excluding tert-OH is 1. The van der Waals surface area contributed by atoms with E-state index in [2.05, 4.69) is 4.98 Å². The summed E-state index contributed by atoms with van der Waals surface area (Å²) in [6.45, 7) is 4.60. The minimum absolute atomic E-state index is 0.122. The summed E-state index contributed by atoms with van der Waals surface area (Å²) in [7, 11) is 1.75. The Morgan fingerprint density at radius 3 is 2.87 bits per heavy atom. The molecule has 5 nitrogen and oxygen atoms in total. The fourth-order valence-electron chi connectivity index (χ4n) is 1.43. The van der Waals surface area contributed by atoms with Crippen LogP contribution in [0, 0.1) is 0 Å². The number of anilines is 1. The van der Waals surface area contributed by atoms with Crippen molar-refractivity contribution >= 4 is 5.82 Å². The lowest BCUT2D eigenvalue weighted by molar-refractivity contribution is 0.201. The molecule has 1 N–H and O–H groups in total. The van der Waals surface area contributed by atoms with Crippen LogP contribution in [-0.2, 0) is 6.54 Å². The van der Waals surface area contributed by atoms with E-state index in [4.69, 9.17) is 0 Å². The number of nitrogens with zero attached hydrogens (tertiary/aromatic N) is 3. The number of likely N-dealkylation sites (N-methyl/N-ethyl adjacent to an activating group) is 1. The number of rotatable bonds is 4. The van der Waals surface area contributed by atoms with Crippen LogP contribution < -0.4 is 10.5 Å². The molecule has 0 amide bonds. The number of aryl methyl sites for hydroxylation is 1. The third kappa shape index (κ3) is 2.79. The Balaban J connectivity index is 2.99. The first kappa shape index (κ1) is 11.7. The summed E-state index contributed by atoms with van der Waals surface area (Å²) in [5, 5.41) is 9.22. The molecule has 1 rings (SSSR count). The van der Waals surface area contributed by atoms with E-state index < -0.39 is 6.10 Å². The highest BCUT2D eigenvalue weighted by atomic mass is 16.3. The monoisotopic (exact) mass is 211 g/mol. The number of aliphatic hydroxyl groups is 1. The van der Waals surface area contributed by atoms with Gasteiger partial charge < -0.3 is 14.6 Å². The molecule has 0 saturated carbocycles. The Hall–Kier alpha value is -1.36. The van der Waals surface area contributed by atoms with Crippen LogP contribution >= 0.6 is 0 Å². The highest BCUT2D eigenvalue weighted by Crippen LogP contribution is 2.01. The maximum absolute atomic E-state index is 11.8. The third-order valence-corrected chi connectivity index (χ3v) is 2.14. The summed E-state index contributed by atoms with van der Waals surface area (Å²) in [5.74, 6) is 0.375. The molecular weight excluding hydrogens is 194 g/mol. The van der Waals surface area contributed by atoms with Crippen LogP contribution in [0.4, 0.5) is 5.82 Å². The van der Waals surface area contributed by atoms with Gasteiger partial charge in [-0.2, -0.15) is 0 Å². The average Bonchev–Trinajstić information content (AvgIpc) is 2.17. The van der Waals surface area contributed by atoms with Gasteiger partial charge in [0.1, 0.15) is 0 Å². The molecule has 1 aromatic rings. The van der Waals surface area contributed by atoms with Gasteiger partial charge in [-0.1, -0.05) is 0 Å². The molecule has 84 valence electrons. The smallest absolute Gasteiger partial charge is 0.293 e. The summed E-state index contributed by atoms with van der Waals surface area (Å²) in [6.07, 6.45) is 2.77. The lowest BCUT2D eigenvalue weighted by atomic mass is 10.4. The van der Waals surface area contributed by atoms with Crippen molar-refractivity contribution in [3.63, 3.8) is 0 Å². The summed E-state index contributed by atoms with van der Waals surface area (Å²) >= 11 is 0. The van der Waals surface area contributed by atoms with Crippen molar-refractivity contribution in [1.29, 1.82) is 0 Å². The first-order chi connectivity index (χ1) is 7.06. The third-order valence-electron chi connectivity index (χ3n) is 2.14. The van der Waals surface area contributed by atoms with E-state index >= 15 is 0 Å². The van der Waals surface area contributed by atoms with Gasteiger partial charge in [0.25, 0.3) is 5.56 Å². The van der Waals surface area contributed by atoms with E-state index in [0.717, 1.165) is 0 Å². The maximum Gasteiger partial charge on any atom is 0.293 e. The fraction of sp³-hybridized carbons (Fsp3) is 0.600. The molecule has 0 bridgehead atoms. The molecule has 0 aliphatic rings. The second kappa shape index (κ2) is 4.93. The van der Waals surface area contributed by atoms with Crippen molar-refractivity contribution in [1.82, 2.24) is 9.55 Å². The van der Waals surface area contributed by atoms with Crippen molar-refractivity contribution in [2.24, 2.45) is 0 Å². The molecule has 1 heterocycles. The Bertz CT molecular complexity index is 373. The molecule has 15 heavy (non-hydrogen) atoms. The van der Waals surface area contributed by atoms with Crippen LogP contribution in [0.3, 0.4) is 0 Å². The van der Waals surface area contributed by atoms with Gasteiger partial charge in [-0.25, -0.2) is 4.98 Å². The van der Waals surface area contributed by atoms with Crippen LogP contribution in [0.5, 0.6) is 0 Å². The molecule has 0 aliphatic carbocycles. The highest BCUT2D eigenvalue weighted by molar-refractivity contribution is 5.34. The van der Waals surface area contributed by atoms with Crippen molar-refractivity contribution in [2.45, 2.75) is 26.5 Å². The van der Waals surface area contributed by atoms with Crippen LogP contribution in [0.2, 0.25) is 0 Å². The maximum atomic E-state index is 11.8. The van der Waals surface area contributed by atoms with E-state index in [1.54, 1.807) is 35.8 Å². The minimum Gasteiger partial charge on any atom is -0.392 e. The second-order valence-electron chi connectivity index (χ2n) is 3.57. The molecule has 0 aromatic carbocycles. The van der Waals surface area contributed by atoms with Gasteiger partial charge in [-0.3, -0.25) is 4.79 Å². The molecule has 0 radical (unpaired) electrons. The van der Waals surface area contributed by atoms with Crippen LogP contribution in [0.1, 0.15) is 13.8 Å². The first-order valence-corrected chi connectivity index (χ1v) is 5.01. The van der Waals surface area contributed by atoms with Crippen molar-refractivity contribution in [3.8, 4) is 0 Å². The van der Waals surface area contributed by atoms with E-state index in [-0.39, 0.29) is 5.56 Å². The van der Waals surface area contributed by atoms with Crippen molar-refractivity contribution in [2.75, 3.05) is 18.5 Å². The normalized spacial score (nSPS) is 12.5. The quantitative estimate of drug-likeness (QED) is 0.766. The van der Waals surface area contributed by atoms with Gasteiger partial charge in [0.05, 0.1) is 6.10 Å². The van der Waals surface area contributed by atoms with Crippen molar-refractivity contribution in [3.05, 3.63) is 22.7 Å². The Morgan fingerprint density at radius 1 is 1.67 bits per heavy atom. The summed E-state index contributed by atoms with van der Waals surface area (Å²) in [4.78, 5) is 17.5. The standard InChI is InChI=1S/C10H17N3O2/c1-4-13-6-5-11-9(10(13)15)12(3)7-8(2)14/h5-6,8,14H,4,7H2,1-3H3. The molecule has 0 aliphatic heterocycles. The predicted molar refractivity (Wildman–Crippen MR) is 59.1 cm³/mol. The van der Waals surface area contributed by atoms with Crippen LogP contribution in [0.25, 0.3) is 0 Å². The molecule has 0 saturated heterocycles. The topological polar surface area (TPSA) is 58.4 Å². The highest BCUT2D eigenvalue weighted by Gasteiger charge is 2.10. The van der Waals surface area contributed by atoms with Crippen LogP contribution in [0.15, 0.2) is 17.2 Å². The van der Waals surface area contributed by atoms with Gasteiger partial charge in [-0.05, 0) is 13.8 Å². The molecular formula is C10H17N3O2. The Morgan fingerprint density at radius 2 is 2.33 bits per heavy atom. The minimum atomic E-state index is -0.480. The lowest BCUT2D eigenvalue weighted by Gasteiger charge is -2.19. The SMILES string of the molecule is CCn1ccnc(N(C)CC(C)O)c1=O.